The quantitative estimate of drug-likeness (QED) is 0.461. The van der Waals surface area contributed by atoms with Crippen LogP contribution in [0.15, 0.2) is 48.7 Å². The van der Waals surface area contributed by atoms with Gasteiger partial charge in [0.05, 0.1) is 0 Å². The van der Waals surface area contributed by atoms with Crippen molar-refractivity contribution in [2.45, 2.75) is 20.5 Å². The van der Waals surface area contributed by atoms with Crippen LogP contribution in [0.2, 0.25) is 0 Å². The predicted octanol–water partition coefficient (Wildman–Crippen LogP) is 2.41. The molecule has 0 aliphatic carbocycles. The summed E-state index contributed by atoms with van der Waals surface area (Å²) in [5.41, 5.74) is 7.24. The minimum Gasteiger partial charge on any atom is -0.460 e. The Labute approximate surface area is 160 Å². The number of aromatic nitrogens is 1. The fourth-order valence-corrected chi connectivity index (χ4v) is 2.95. The molecule has 3 N–H and O–H groups in total. The second-order valence-corrected chi connectivity index (χ2v) is 6.19. The van der Waals surface area contributed by atoms with Gasteiger partial charge >= 0.3 is 5.97 Å². The molecule has 0 atom stereocenters. The Balaban J connectivity index is 0.00000261. The summed E-state index contributed by atoms with van der Waals surface area (Å²) in [5, 5.41) is 7.12. The van der Waals surface area contributed by atoms with Gasteiger partial charge in [0.25, 0.3) is 0 Å². The second kappa shape index (κ2) is 9.56. The zero-order valence-electron chi connectivity index (χ0n) is 14.6. The lowest BCUT2D eigenvalue weighted by Crippen LogP contribution is -2.46. The molecule has 3 rings (SSSR count). The summed E-state index contributed by atoms with van der Waals surface area (Å²) >= 11 is 0. The fourth-order valence-electron chi connectivity index (χ4n) is 2.95. The minimum atomic E-state index is -0.480. The van der Waals surface area contributed by atoms with Crippen LogP contribution in [0, 0.1) is 5.41 Å². The molecule has 0 spiro atoms. The smallest absolute Gasteiger partial charge is 0.313 e. The molecule has 1 fully saturated rings. The summed E-state index contributed by atoms with van der Waals surface area (Å²) in [5.74, 6) is 0.347. The van der Waals surface area contributed by atoms with Crippen molar-refractivity contribution in [1.82, 2.24) is 4.98 Å². The van der Waals surface area contributed by atoms with E-state index in [1.165, 1.54) is 0 Å². The number of benzene rings is 1. The summed E-state index contributed by atoms with van der Waals surface area (Å²) in [4.78, 5) is 20.5. The molecular weight excluding hydrogens is 342 g/mol. The summed E-state index contributed by atoms with van der Waals surface area (Å²) < 4.78 is 5.16. The summed E-state index contributed by atoms with van der Waals surface area (Å²) in [6, 6.07) is 14.0. The fraction of sp³-hybridized carbons (Fsp3) is 0.350. The molecule has 27 heavy (non-hydrogen) atoms. The molecule has 2 heterocycles. The first kappa shape index (κ1) is 20.2. The first-order valence-electron chi connectivity index (χ1n) is 8.60. The highest BCUT2D eigenvalue weighted by Gasteiger charge is 2.18. The van der Waals surface area contributed by atoms with Gasteiger partial charge in [-0.3, -0.25) is 10.2 Å². The lowest BCUT2D eigenvalue weighted by atomic mass is 10.1. The van der Waals surface area contributed by atoms with Crippen LogP contribution in [-0.4, -0.2) is 43.0 Å². The number of nitrogens with zero attached hydrogens (tertiary/aromatic N) is 3. The third-order valence-corrected chi connectivity index (χ3v) is 4.26. The van der Waals surface area contributed by atoms with E-state index in [2.05, 4.69) is 20.9 Å². The highest BCUT2D eigenvalue weighted by molar-refractivity contribution is 5.94. The van der Waals surface area contributed by atoms with Gasteiger partial charge in [-0.2, -0.15) is 0 Å². The Morgan fingerprint density at radius 3 is 2.52 bits per heavy atom. The molecule has 2 aromatic rings. The molecule has 0 bridgehead atoms. The van der Waals surface area contributed by atoms with Gasteiger partial charge < -0.3 is 20.3 Å². The van der Waals surface area contributed by atoms with Crippen molar-refractivity contribution in [1.29, 1.82) is 5.41 Å². The first-order chi connectivity index (χ1) is 12.6. The number of hydrogen-bond donors (Lipinski definition) is 2. The van der Waals surface area contributed by atoms with E-state index < -0.39 is 5.97 Å². The molecule has 1 aliphatic rings. The molecule has 1 saturated heterocycles. The number of rotatable bonds is 6. The lowest BCUT2D eigenvalue weighted by Gasteiger charge is -2.36. The van der Waals surface area contributed by atoms with Gasteiger partial charge in [-0.05, 0) is 29.8 Å². The zero-order chi connectivity index (χ0) is 18.4. The van der Waals surface area contributed by atoms with E-state index in [1.54, 1.807) is 0 Å². The Morgan fingerprint density at radius 1 is 1.11 bits per heavy atom. The van der Waals surface area contributed by atoms with Crippen molar-refractivity contribution in [3.8, 4) is 0 Å². The summed E-state index contributed by atoms with van der Waals surface area (Å²) in [7, 11) is 0. The Kier molecular flexibility index (Phi) is 7.16. The number of piperazine rings is 1. The predicted molar refractivity (Wildman–Crippen MR) is 108 cm³/mol. The minimum absolute atomic E-state index is 0. The van der Waals surface area contributed by atoms with Crippen LogP contribution < -0.4 is 15.5 Å². The number of amidine groups is 1. The van der Waals surface area contributed by atoms with Gasteiger partial charge in [0.1, 0.15) is 24.7 Å². The van der Waals surface area contributed by atoms with Crippen molar-refractivity contribution < 1.29 is 9.53 Å². The van der Waals surface area contributed by atoms with E-state index in [0.717, 1.165) is 43.2 Å². The third-order valence-electron chi connectivity index (χ3n) is 4.26. The number of pyridine rings is 1. The monoisotopic (exact) mass is 369 g/mol. The average Bonchev–Trinajstić information content (AvgIpc) is 2.67. The van der Waals surface area contributed by atoms with Crippen LogP contribution in [0.3, 0.4) is 0 Å². The molecule has 0 radical (unpaired) electrons. The molecule has 7 nitrogen and oxygen atoms in total. The maximum absolute atomic E-state index is 11.5. The molecule has 1 aromatic heterocycles. The van der Waals surface area contributed by atoms with Crippen LogP contribution in [0.4, 0.5) is 11.5 Å². The normalized spacial score (nSPS) is 13.6. The van der Waals surface area contributed by atoms with E-state index >= 15 is 0 Å². The van der Waals surface area contributed by atoms with E-state index in [0.29, 0.717) is 0 Å². The number of nitrogens with two attached hydrogens (primary N) is 1. The Bertz CT molecular complexity index is 758. The van der Waals surface area contributed by atoms with E-state index in [4.69, 9.17) is 15.9 Å². The van der Waals surface area contributed by atoms with Crippen molar-refractivity contribution in [2.24, 2.45) is 5.73 Å². The van der Waals surface area contributed by atoms with Crippen LogP contribution in [-0.2, 0) is 16.1 Å². The highest BCUT2D eigenvalue weighted by Crippen LogP contribution is 2.20. The molecule has 144 valence electrons. The standard InChI is InChI=1S/C19H23N5O2.CH4/c20-17(21)13-19(25)26-14-15-4-3-5-16(12-15)23-8-10-24(11-9-23)18-6-1-2-7-22-18;/h1-7,12H,8-11,13-14H2,(H3,20,21);1H4. The number of carbonyl (C=O) groups is 1. The van der Waals surface area contributed by atoms with E-state index in [1.807, 2.05) is 42.6 Å². The molecule has 7 heteroatoms. The first-order valence-corrected chi connectivity index (χ1v) is 8.60. The van der Waals surface area contributed by atoms with Gasteiger partial charge in [0.2, 0.25) is 0 Å². The Morgan fingerprint density at radius 2 is 1.85 bits per heavy atom. The highest BCUT2D eigenvalue weighted by atomic mass is 16.5. The Hall–Kier alpha value is -3.09. The van der Waals surface area contributed by atoms with Crippen molar-refractivity contribution in [3.05, 3.63) is 54.2 Å². The largest absolute Gasteiger partial charge is 0.460 e. The van der Waals surface area contributed by atoms with E-state index in [9.17, 15) is 4.79 Å². The van der Waals surface area contributed by atoms with Gasteiger partial charge in [0.15, 0.2) is 0 Å². The molecule has 1 aliphatic heterocycles. The zero-order valence-corrected chi connectivity index (χ0v) is 14.6. The van der Waals surface area contributed by atoms with Gasteiger partial charge in [-0.15, -0.1) is 0 Å². The number of anilines is 2. The van der Waals surface area contributed by atoms with Crippen LogP contribution in [0.25, 0.3) is 0 Å². The maximum atomic E-state index is 11.5. The summed E-state index contributed by atoms with van der Waals surface area (Å²) in [6.45, 7) is 3.83. The van der Waals surface area contributed by atoms with Crippen molar-refractivity contribution in [3.63, 3.8) is 0 Å². The third kappa shape index (κ3) is 5.70. The SMILES string of the molecule is C.N=C(N)CC(=O)OCc1cccc(N2CCN(c3ccccn3)CC2)c1. The number of esters is 1. The van der Waals surface area contributed by atoms with Crippen molar-refractivity contribution >= 4 is 23.3 Å². The molecule has 0 saturated carbocycles. The topological polar surface area (TPSA) is 95.5 Å². The van der Waals surface area contributed by atoms with E-state index in [-0.39, 0.29) is 26.3 Å². The van der Waals surface area contributed by atoms with Crippen LogP contribution >= 0.6 is 0 Å². The van der Waals surface area contributed by atoms with Crippen LogP contribution in [0.5, 0.6) is 0 Å². The van der Waals surface area contributed by atoms with Crippen molar-refractivity contribution in [2.75, 3.05) is 36.0 Å². The van der Waals surface area contributed by atoms with Crippen LogP contribution in [0.1, 0.15) is 19.4 Å². The lowest BCUT2D eigenvalue weighted by molar-refractivity contribution is -0.143. The summed E-state index contributed by atoms with van der Waals surface area (Å²) in [6.07, 6.45) is 1.65. The van der Waals surface area contributed by atoms with Gasteiger partial charge in [-0.1, -0.05) is 25.6 Å². The molecule has 1 aromatic carbocycles. The molecular formula is C20H27N5O2. The van der Waals surface area contributed by atoms with Gasteiger partial charge in [-0.25, -0.2) is 4.98 Å². The number of carbonyl (C=O) groups excluding carboxylic acids is 1. The molecule has 0 amide bonds. The van der Waals surface area contributed by atoms with Gasteiger partial charge in [0, 0.05) is 38.1 Å². The second-order valence-electron chi connectivity index (χ2n) is 6.19. The average molecular weight is 369 g/mol. The number of nitrogens with one attached hydrogen (secondary N) is 1. The molecule has 0 unspecified atom stereocenters. The number of hydrogen-bond acceptors (Lipinski definition) is 6. The maximum Gasteiger partial charge on any atom is 0.313 e. The number of ether oxygens (including phenoxy) is 1.